The molecule has 0 aromatic carbocycles. The van der Waals surface area contributed by atoms with Gasteiger partial charge in [0.2, 0.25) is 0 Å². The van der Waals surface area contributed by atoms with Crippen LogP contribution in [0.15, 0.2) is 0 Å². The van der Waals surface area contributed by atoms with E-state index in [0.717, 1.165) is 0 Å². The summed E-state index contributed by atoms with van der Waals surface area (Å²) in [5.41, 5.74) is 0. The average Bonchev–Trinajstić information content (AvgIpc) is 0. The van der Waals surface area contributed by atoms with Gasteiger partial charge in [0.1, 0.15) is 0 Å². The van der Waals surface area contributed by atoms with Gasteiger partial charge in [0.25, 0.3) is 0 Å². The Morgan fingerprint density at radius 2 is 0.250 bits per heavy atom. The molecule has 0 amide bonds. The second kappa shape index (κ2) is 19.6. The van der Waals surface area contributed by atoms with E-state index in [-0.39, 0.29) is 68.3 Å². The zero-order chi connectivity index (χ0) is 0. The molecule has 4 heteroatoms. The molecule has 0 rings (SSSR count). The normalized spacial score (nSPS) is 0. The van der Waals surface area contributed by atoms with E-state index in [1.165, 1.54) is 0 Å². The molecule has 0 saturated carbocycles. The summed E-state index contributed by atoms with van der Waals surface area (Å²) in [6.45, 7) is 0. The van der Waals surface area contributed by atoms with Gasteiger partial charge >= 0.3 is 0 Å². The van der Waals surface area contributed by atoms with Gasteiger partial charge in [-0.2, -0.15) is 0 Å². The first kappa shape index (κ1) is 36.3. The van der Waals surface area contributed by atoms with E-state index in [1.807, 2.05) is 0 Å². The molecule has 0 nitrogen and oxygen atoms in total. The van der Waals surface area contributed by atoms with E-state index >= 15 is 0 Å². The SMILES string of the molecule is [Se].[Se].[Se].[Se]. The topological polar surface area (TPSA) is 0 Å². The van der Waals surface area contributed by atoms with Crippen LogP contribution in [0.25, 0.3) is 0 Å². The molecule has 0 fully saturated rings. The molecule has 8 radical (unpaired) electrons. The Morgan fingerprint density at radius 3 is 0.250 bits per heavy atom. The molecule has 0 spiro atoms. The molecular weight excluding hydrogens is 316 g/mol. The average molecular weight is 316 g/mol. The van der Waals surface area contributed by atoms with Crippen LogP contribution < -0.4 is 0 Å². The van der Waals surface area contributed by atoms with Crippen LogP contribution in [0.4, 0.5) is 0 Å². The predicted octanol–water partition coefficient (Wildman–Crippen LogP) is -1.52. The molecule has 0 aromatic heterocycles. The van der Waals surface area contributed by atoms with Crippen LogP contribution >= 0.6 is 0 Å². The Morgan fingerprint density at radius 1 is 0.250 bits per heavy atom. The van der Waals surface area contributed by atoms with Crippen LogP contribution in [0, 0.1) is 0 Å². The van der Waals surface area contributed by atoms with Crippen molar-refractivity contribution < 1.29 is 0 Å². The summed E-state index contributed by atoms with van der Waals surface area (Å²) in [4.78, 5) is 0. The van der Waals surface area contributed by atoms with E-state index in [0.29, 0.717) is 0 Å². The summed E-state index contributed by atoms with van der Waals surface area (Å²) >= 11 is 0. The second-order valence-electron chi connectivity index (χ2n) is 0. The molecule has 0 N–H and O–H groups in total. The molecule has 24 valence electrons. The molecule has 0 aromatic rings. The van der Waals surface area contributed by atoms with Crippen molar-refractivity contribution in [2.45, 2.75) is 0 Å². The molecule has 0 aliphatic carbocycles. The monoisotopic (exact) mass is 320 g/mol. The Kier molecular flexibility index (Phi) is 177. The standard InChI is InChI=1S/4Se. The van der Waals surface area contributed by atoms with Crippen molar-refractivity contribution >= 4 is 68.3 Å². The molecule has 0 atom stereocenters. The first-order chi connectivity index (χ1) is 0. The molecule has 4 heavy (non-hydrogen) atoms. The molecule has 0 aliphatic heterocycles. The van der Waals surface area contributed by atoms with Gasteiger partial charge < -0.3 is 0 Å². The van der Waals surface area contributed by atoms with Crippen LogP contribution in [0.5, 0.6) is 0 Å². The van der Waals surface area contributed by atoms with Crippen molar-refractivity contribution in [1.29, 1.82) is 0 Å². The van der Waals surface area contributed by atoms with Crippen molar-refractivity contribution in [2.75, 3.05) is 0 Å². The van der Waals surface area contributed by atoms with Gasteiger partial charge in [0.05, 0.1) is 0 Å². The predicted molar refractivity (Wildman–Crippen MR) is 23.0 cm³/mol. The van der Waals surface area contributed by atoms with Gasteiger partial charge in [-0.05, 0) is 0 Å². The Hall–Kier alpha value is 2.08. The number of rotatable bonds is 0. The molecule has 0 unspecified atom stereocenters. The fourth-order valence-electron chi connectivity index (χ4n) is 0. The summed E-state index contributed by atoms with van der Waals surface area (Å²) in [6, 6.07) is 0. The molecule has 0 bridgehead atoms. The second-order valence-corrected chi connectivity index (χ2v) is 0. The Balaban J connectivity index is 0. The van der Waals surface area contributed by atoms with Gasteiger partial charge in [-0.1, -0.05) is 0 Å². The van der Waals surface area contributed by atoms with E-state index in [9.17, 15) is 0 Å². The van der Waals surface area contributed by atoms with Gasteiger partial charge in [-0.25, -0.2) is 0 Å². The van der Waals surface area contributed by atoms with E-state index < -0.39 is 0 Å². The molecule has 0 heterocycles. The summed E-state index contributed by atoms with van der Waals surface area (Å²) < 4.78 is 0. The summed E-state index contributed by atoms with van der Waals surface area (Å²) in [5.74, 6) is 0. The molecular formula is Se4. The fraction of sp³-hybridized carbons (Fsp3) is 0. The van der Waals surface area contributed by atoms with Crippen LogP contribution in [0.2, 0.25) is 0 Å². The number of hydrogen-bond donors (Lipinski definition) is 0. The van der Waals surface area contributed by atoms with Gasteiger partial charge in [0, 0.05) is 68.3 Å². The maximum Gasteiger partial charge on any atom is 0 e. The third-order valence-electron chi connectivity index (χ3n) is 0. The van der Waals surface area contributed by atoms with Crippen molar-refractivity contribution in [3.63, 3.8) is 0 Å². The van der Waals surface area contributed by atoms with Crippen LogP contribution in [0.3, 0.4) is 0 Å². The number of hydrogen-bond acceptors (Lipinski definition) is 0. The van der Waals surface area contributed by atoms with Crippen LogP contribution in [-0.4, -0.2) is 68.3 Å². The van der Waals surface area contributed by atoms with Crippen molar-refractivity contribution in [1.82, 2.24) is 0 Å². The maximum absolute atomic E-state index is 0. The minimum Gasteiger partial charge on any atom is 0 e. The van der Waals surface area contributed by atoms with Crippen LogP contribution in [-0.2, 0) is 0 Å². The summed E-state index contributed by atoms with van der Waals surface area (Å²) in [5, 5.41) is 0. The van der Waals surface area contributed by atoms with Gasteiger partial charge in [-0.3, -0.25) is 0 Å². The van der Waals surface area contributed by atoms with E-state index in [1.54, 1.807) is 0 Å². The minimum atomic E-state index is 0. The first-order valence-electron chi connectivity index (χ1n) is 0. The summed E-state index contributed by atoms with van der Waals surface area (Å²) in [7, 11) is 0. The first-order valence-corrected chi connectivity index (χ1v) is 0. The fourth-order valence-corrected chi connectivity index (χ4v) is 0. The molecule has 0 aliphatic rings. The zero-order valence-electron chi connectivity index (χ0n) is 1.63. The maximum atomic E-state index is 0. The quantitative estimate of drug-likeness (QED) is 0.476. The molecule has 0 saturated heterocycles. The van der Waals surface area contributed by atoms with Gasteiger partial charge in [0.15, 0.2) is 0 Å². The Bertz CT molecular complexity index is 0. The third-order valence-corrected chi connectivity index (χ3v) is 0. The summed E-state index contributed by atoms with van der Waals surface area (Å²) in [6.07, 6.45) is 0. The third kappa shape index (κ3) is 8.95. The minimum absolute atomic E-state index is 0. The smallest absolute Gasteiger partial charge is 0 e. The van der Waals surface area contributed by atoms with Crippen LogP contribution in [0.1, 0.15) is 0 Å². The van der Waals surface area contributed by atoms with Crippen molar-refractivity contribution in [2.24, 2.45) is 0 Å². The zero-order valence-corrected chi connectivity index (χ0v) is 8.49. The van der Waals surface area contributed by atoms with Gasteiger partial charge in [-0.15, -0.1) is 0 Å². The van der Waals surface area contributed by atoms with Crippen molar-refractivity contribution in [3.05, 3.63) is 0 Å². The largest absolute Gasteiger partial charge is 0 e. The van der Waals surface area contributed by atoms with Crippen molar-refractivity contribution in [3.8, 4) is 0 Å². The van der Waals surface area contributed by atoms with E-state index in [2.05, 4.69) is 0 Å². The van der Waals surface area contributed by atoms with E-state index in [4.69, 9.17) is 0 Å². The Labute approximate surface area is 67.8 Å².